The molecule has 0 saturated heterocycles. The van der Waals surface area contributed by atoms with E-state index in [1.54, 1.807) is 0 Å². The zero-order valence-electron chi connectivity index (χ0n) is 12.8. The van der Waals surface area contributed by atoms with Gasteiger partial charge < -0.3 is 16.0 Å². The van der Waals surface area contributed by atoms with E-state index in [4.69, 9.17) is 5.73 Å². The van der Waals surface area contributed by atoms with Crippen LogP contribution in [0.2, 0.25) is 0 Å². The molecule has 0 unspecified atom stereocenters. The van der Waals surface area contributed by atoms with Gasteiger partial charge in [0.1, 0.15) is 0 Å². The Labute approximate surface area is 126 Å². The largest absolute Gasteiger partial charge is 0.397 e. The summed E-state index contributed by atoms with van der Waals surface area (Å²) in [5, 5.41) is 2.99. The fourth-order valence-corrected chi connectivity index (χ4v) is 3.70. The number of nitrogens with two attached hydrogens (primary N) is 1. The first-order chi connectivity index (χ1) is 10.2. The number of fused-ring (bicyclic) bond motifs is 1. The van der Waals surface area contributed by atoms with E-state index < -0.39 is 0 Å². The molecular formula is C17H25N3O. The Bertz CT molecular complexity index is 535. The smallest absolute Gasteiger partial charge is 0.224 e. The van der Waals surface area contributed by atoms with Crippen molar-refractivity contribution in [3.63, 3.8) is 0 Å². The first kappa shape index (κ1) is 14.2. The molecule has 1 aliphatic heterocycles. The van der Waals surface area contributed by atoms with Crippen molar-refractivity contribution < 1.29 is 4.79 Å². The van der Waals surface area contributed by atoms with E-state index in [0.29, 0.717) is 12.5 Å². The Morgan fingerprint density at radius 3 is 2.71 bits per heavy atom. The predicted octanol–water partition coefficient (Wildman–Crippen LogP) is 3.31. The topological polar surface area (TPSA) is 58.4 Å². The Morgan fingerprint density at radius 2 is 2.00 bits per heavy atom. The van der Waals surface area contributed by atoms with E-state index in [1.165, 1.54) is 32.1 Å². The quantitative estimate of drug-likeness (QED) is 0.839. The summed E-state index contributed by atoms with van der Waals surface area (Å²) < 4.78 is 0. The SMILES string of the molecule is CCN(c1cc2c(cc1N)CCC(=O)N2)C1CCCCC1. The van der Waals surface area contributed by atoms with Gasteiger partial charge in [-0.25, -0.2) is 0 Å². The molecule has 1 saturated carbocycles. The highest BCUT2D eigenvalue weighted by Crippen LogP contribution is 2.36. The van der Waals surface area contributed by atoms with E-state index in [-0.39, 0.29) is 5.91 Å². The van der Waals surface area contributed by atoms with Gasteiger partial charge in [0.15, 0.2) is 0 Å². The molecule has 21 heavy (non-hydrogen) atoms. The van der Waals surface area contributed by atoms with Crippen molar-refractivity contribution in [1.82, 2.24) is 0 Å². The van der Waals surface area contributed by atoms with Gasteiger partial charge in [0, 0.05) is 24.7 Å². The molecule has 1 fully saturated rings. The highest BCUT2D eigenvalue weighted by Gasteiger charge is 2.24. The van der Waals surface area contributed by atoms with E-state index >= 15 is 0 Å². The lowest BCUT2D eigenvalue weighted by molar-refractivity contribution is -0.116. The van der Waals surface area contributed by atoms with Crippen molar-refractivity contribution in [2.75, 3.05) is 22.5 Å². The van der Waals surface area contributed by atoms with Crippen molar-refractivity contribution in [1.29, 1.82) is 0 Å². The van der Waals surface area contributed by atoms with Crippen LogP contribution in [0.4, 0.5) is 17.1 Å². The summed E-state index contributed by atoms with van der Waals surface area (Å²) in [6, 6.07) is 4.72. The van der Waals surface area contributed by atoms with Crippen LogP contribution in [0.15, 0.2) is 12.1 Å². The van der Waals surface area contributed by atoms with Crippen molar-refractivity contribution in [2.45, 2.75) is 57.9 Å². The van der Waals surface area contributed by atoms with Crippen LogP contribution >= 0.6 is 0 Å². The normalized spacial score (nSPS) is 19.0. The number of nitrogens with one attached hydrogen (secondary N) is 1. The zero-order valence-corrected chi connectivity index (χ0v) is 12.8. The van der Waals surface area contributed by atoms with Gasteiger partial charge in [-0.05, 0) is 43.9 Å². The molecule has 0 atom stereocenters. The fourth-order valence-electron chi connectivity index (χ4n) is 3.70. The maximum atomic E-state index is 11.6. The minimum Gasteiger partial charge on any atom is -0.397 e. The number of benzene rings is 1. The molecule has 0 radical (unpaired) electrons. The highest BCUT2D eigenvalue weighted by molar-refractivity contribution is 5.95. The van der Waals surface area contributed by atoms with Crippen LogP contribution in [0.3, 0.4) is 0 Å². The summed E-state index contributed by atoms with van der Waals surface area (Å²) in [6.07, 6.45) is 7.82. The standard InChI is InChI=1S/C17H25N3O/c1-2-20(13-6-4-3-5-7-13)16-11-15-12(10-14(16)18)8-9-17(21)19-15/h10-11,13H,2-9,18H2,1H3,(H,19,21). The zero-order chi connectivity index (χ0) is 14.8. The van der Waals surface area contributed by atoms with Crippen LogP contribution in [-0.4, -0.2) is 18.5 Å². The summed E-state index contributed by atoms with van der Waals surface area (Å²) >= 11 is 0. The Balaban J connectivity index is 1.92. The molecule has 3 rings (SSSR count). The van der Waals surface area contributed by atoms with Gasteiger partial charge in [-0.1, -0.05) is 19.3 Å². The number of rotatable bonds is 3. The Kier molecular flexibility index (Phi) is 4.04. The third-order valence-corrected chi connectivity index (χ3v) is 4.81. The molecule has 3 N–H and O–H groups in total. The summed E-state index contributed by atoms with van der Waals surface area (Å²) in [6.45, 7) is 3.15. The van der Waals surface area contributed by atoms with E-state index in [1.807, 2.05) is 0 Å². The minimum atomic E-state index is 0.110. The number of carbonyl (C=O) groups excluding carboxylic acids is 1. The van der Waals surface area contributed by atoms with Crippen LogP contribution < -0.4 is 16.0 Å². The molecule has 1 aromatic rings. The number of nitrogen functional groups attached to an aromatic ring is 1. The summed E-state index contributed by atoms with van der Waals surface area (Å²) in [5.41, 5.74) is 10.4. The molecule has 1 aromatic carbocycles. The lowest BCUT2D eigenvalue weighted by Crippen LogP contribution is -2.37. The van der Waals surface area contributed by atoms with Gasteiger partial charge in [-0.3, -0.25) is 4.79 Å². The number of nitrogens with zero attached hydrogens (tertiary/aromatic N) is 1. The number of aryl methyl sites for hydroxylation is 1. The molecule has 1 heterocycles. The van der Waals surface area contributed by atoms with E-state index in [2.05, 4.69) is 29.3 Å². The fraction of sp³-hybridized carbons (Fsp3) is 0.588. The average molecular weight is 287 g/mol. The summed E-state index contributed by atoms with van der Waals surface area (Å²) in [5.74, 6) is 0.110. The van der Waals surface area contributed by atoms with Gasteiger partial charge >= 0.3 is 0 Å². The molecule has 114 valence electrons. The number of carbonyl (C=O) groups is 1. The molecule has 1 amide bonds. The van der Waals surface area contributed by atoms with Gasteiger partial charge in [0.25, 0.3) is 0 Å². The van der Waals surface area contributed by atoms with Crippen molar-refractivity contribution >= 4 is 23.0 Å². The maximum Gasteiger partial charge on any atom is 0.224 e. The molecule has 0 aromatic heterocycles. The summed E-state index contributed by atoms with van der Waals surface area (Å²) in [7, 11) is 0. The maximum absolute atomic E-state index is 11.6. The third kappa shape index (κ3) is 2.85. The summed E-state index contributed by atoms with van der Waals surface area (Å²) in [4.78, 5) is 14.0. The second-order valence-electron chi connectivity index (χ2n) is 6.19. The molecule has 0 bridgehead atoms. The van der Waals surface area contributed by atoms with E-state index in [0.717, 1.165) is 35.6 Å². The monoisotopic (exact) mass is 287 g/mol. The lowest BCUT2D eigenvalue weighted by atomic mass is 9.93. The number of hydrogen-bond acceptors (Lipinski definition) is 3. The number of hydrogen-bond donors (Lipinski definition) is 2. The highest BCUT2D eigenvalue weighted by atomic mass is 16.1. The van der Waals surface area contributed by atoms with Crippen molar-refractivity contribution in [3.8, 4) is 0 Å². The Hall–Kier alpha value is -1.71. The molecule has 2 aliphatic rings. The molecule has 0 spiro atoms. The molecule has 1 aliphatic carbocycles. The first-order valence-electron chi connectivity index (χ1n) is 8.18. The minimum absolute atomic E-state index is 0.110. The van der Waals surface area contributed by atoms with Gasteiger partial charge in [-0.2, -0.15) is 0 Å². The Morgan fingerprint density at radius 1 is 1.24 bits per heavy atom. The molecular weight excluding hydrogens is 262 g/mol. The second kappa shape index (κ2) is 5.96. The second-order valence-corrected chi connectivity index (χ2v) is 6.19. The number of anilines is 3. The molecule has 4 heteroatoms. The van der Waals surface area contributed by atoms with Crippen LogP contribution in [0.25, 0.3) is 0 Å². The van der Waals surface area contributed by atoms with Crippen molar-refractivity contribution in [3.05, 3.63) is 17.7 Å². The van der Waals surface area contributed by atoms with Crippen LogP contribution in [0.5, 0.6) is 0 Å². The van der Waals surface area contributed by atoms with Crippen molar-refractivity contribution in [2.24, 2.45) is 0 Å². The van der Waals surface area contributed by atoms with Crippen LogP contribution in [-0.2, 0) is 11.2 Å². The first-order valence-corrected chi connectivity index (χ1v) is 8.18. The molecule has 4 nitrogen and oxygen atoms in total. The van der Waals surface area contributed by atoms with Gasteiger partial charge in [-0.15, -0.1) is 0 Å². The predicted molar refractivity (Wildman–Crippen MR) is 87.7 cm³/mol. The van der Waals surface area contributed by atoms with Crippen LogP contribution in [0.1, 0.15) is 51.0 Å². The van der Waals surface area contributed by atoms with E-state index in [9.17, 15) is 4.79 Å². The van der Waals surface area contributed by atoms with Gasteiger partial charge in [0.2, 0.25) is 5.91 Å². The van der Waals surface area contributed by atoms with Gasteiger partial charge in [0.05, 0.1) is 11.4 Å². The average Bonchev–Trinajstić information content (AvgIpc) is 2.50. The lowest BCUT2D eigenvalue weighted by Gasteiger charge is -2.36. The third-order valence-electron chi connectivity index (χ3n) is 4.81. The number of amides is 1. The van der Waals surface area contributed by atoms with Crippen LogP contribution in [0, 0.1) is 0 Å².